The molecular weight excluding hydrogens is 348 g/mol. The maximum atomic E-state index is 12.9. The molecule has 114 valence electrons. The Hall–Kier alpha value is -0.940. The fraction of sp³-hybridized carbons (Fsp3) is 0.500. The molecule has 1 saturated carbocycles. The van der Waals surface area contributed by atoms with Crippen LogP contribution in [0.1, 0.15) is 44.1 Å². The van der Waals surface area contributed by atoms with E-state index in [0.717, 1.165) is 54.2 Å². The van der Waals surface area contributed by atoms with Crippen molar-refractivity contribution in [3.8, 4) is 0 Å². The number of hydrogen-bond acceptors (Lipinski definition) is 2. The van der Waals surface area contributed by atoms with Crippen LogP contribution < -0.4 is 11.1 Å². The van der Waals surface area contributed by atoms with Crippen molar-refractivity contribution < 1.29 is 4.79 Å². The largest absolute Gasteiger partial charge is 0.392 e. The molecule has 3 N–H and O–H groups in total. The normalized spacial score (nSPS) is 17.8. The van der Waals surface area contributed by atoms with Gasteiger partial charge in [-0.3, -0.25) is 4.79 Å². The number of rotatable bonds is 3. The van der Waals surface area contributed by atoms with Crippen molar-refractivity contribution >= 4 is 44.7 Å². The van der Waals surface area contributed by atoms with E-state index >= 15 is 0 Å². The fourth-order valence-electron chi connectivity index (χ4n) is 2.89. The summed E-state index contributed by atoms with van der Waals surface area (Å²) in [5.41, 5.74) is 7.10. The van der Waals surface area contributed by atoms with Gasteiger partial charge in [-0.1, -0.05) is 59.9 Å². The zero-order chi connectivity index (χ0) is 15.5. The Bertz CT molecular complexity index is 551. The van der Waals surface area contributed by atoms with Gasteiger partial charge >= 0.3 is 0 Å². The number of thiocarbonyl (C=S) groups is 1. The highest BCUT2D eigenvalue weighted by atomic mass is 79.9. The smallest absolute Gasteiger partial charge is 0.237 e. The summed E-state index contributed by atoms with van der Waals surface area (Å²) < 4.78 is 0.939. The monoisotopic (exact) mass is 368 g/mol. The van der Waals surface area contributed by atoms with Crippen LogP contribution >= 0.6 is 28.1 Å². The number of anilines is 1. The molecule has 5 heteroatoms. The van der Waals surface area contributed by atoms with E-state index in [1.54, 1.807) is 0 Å². The van der Waals surface area contributed by atoms with Crippen molar-refractivity contribution in [1.29, 1.82) is 0 Å². The summed E-state index contributed by atoms with van der Waals surface area (Å²) in [5.74, 6) is -0.0573. The number of benzene rings is 1. The Balaban J connectivity index is 2.26. The molecule has 0 heterocycles. The Morgan fingerprint density at radius 2 is 1.90 bits per heavy atom. The molecule has 1 fully saturated rings. The van der Waals surface area contributed by atoms with Crippen LogP contribution in [0.25, 0.3) is 0 Å². The third kappa shape index (κ3) is 3.64. The molecule has 0 atom stereocenters. The van der Waals surface area contributed by atoms with E-state index in [1.165, 1.54) is 0 Å². The minimum atomic E-state index is -0.694. The predicted octanol–water partition coefficient (Wildman–Crippen LogP) is 4.32. The quantitative estimate of drug-likeness (QED) is 0.616. The van der Waals surface area contributed by atoms with Gasteiger partial charge in [0.1, 0.15) is 0 Å². The lowest BCUT2D eigenvalue weighted by atomic mass is 9.79. The van der Waals surface area contributed by atoms with Crippen LogP contribution in [0.5, 0.6) is 0 Å². The number of carbonyl (C=O) groups excluding carboxylic acids is 1. The first kappa shape index (κ1) is 16.4. The van der Waals surface area contributed by atoms with Gasteiger partial charge in [-0.25, -0.2) is 0 Å². The van der Waals surface area contributed by atoms with Crippen molar-refractivity contribution in [1.82, 2.24) is 0 Å². The molecule has 0 spiro atoms. The number of nitrogens with one attached hydrogen (secondary N) is 1. The maximum absolute atomic E-state index is 12.9. The first-order valence-electron chi connectivity index (χ1n) is 7.33. The minimum absolute atomic E-state index is 0.0573. The lowest BCUT2D eigenvalue weighted by Crippen LogP contribution is -2.45. The highest BCUT2D eigenvalue weighted by molar-refractivity contribution is 9.10. The van der Waals surface area contributed by atoms with Gasteiger partial charge < -0.3 is 11.1 Å². The third-order valence-electron chi connectivity index (χ3n) is 4.31. The van der Waals surface area contributed by atoms with Gasteiger partial charge in [0.2, 0.25) is 5.91 Å². The van der Waals surface area contributed by atoms with Gasteiger partial charge in [0.05, 0.1) is 10.4 Å². The second-order valence-corrected chi connectivity index (χ2v) is 7.13. The Morgan fingerprint density at radius 3 is 2.48 bits per heavy atom. The molecule has 0 radical (unpaired) electrons. The third-order valence-corrected chi connectivity index (χ3v) is 5.20. The lowest BCUT2D eigenvalue weighted by molar-refractivity contribution is -0.122. The van der Waals surface area contributed by atoms with Gasteiger partial charge in [0.25, 0.3) is 0 Å². The zero-order valence-electron chi connectivity index (χ0n) is 12.2. The van der Waals surface area contributed by atoms with E-state index in [1.807, 2.05) is 25.1 Å². The topological polar surface area (TPSA) is 55.1 Å². The van der Waals surface area contributed by atoms with Crippen LogP contribution in [0.4, 0.5) is 5.69 Å². The average Bonchev–Trinajstić information content (AvgIpc) is 2.69. The Labute approximate surface area is 139 Å². The number of hydrogen-bond donors (Lipinski definition) is 2. The van der Waals surface area contributed by atoms with Crippen molar-refractivity contribution in [2.45, 2.75) is 45.4 Å². The summed E-state index contributed by atoms with van der Waals surface area (Å²) in [6.45, 7) is 1.97. The van der Waals surface area contributed by atoms with E-state index in [2.05, 4.69) is 21.2 Å². The molecule has 1 amide bonds. The molecule has 1 aromatic rings. The zero-order valence-corrected chi connectivity index (χ0v) is 14.6. The van der Waals surface area contributed by atoms with Gasteiger partial charge in [-0.2, -0.15) is 0 Å². The van der Waals surface area contributed by atoms with E-state index < -0.39 is 5.41 Å². The second kappa shape index (κ2) is 6.88. The summed E-state index contributed by atoms with van der Waals surface area (Å²) in [7, 11) is 0. The molecule has 0 aromatic heterocycles. The minimum Gasteiger partial charge on any atom is -0.392 e. The number of aryl methyl sites for hydroxylation is 1. The van der Waals surface area contributed by atoms with Crippen molar-refractivity contribution in [2.24, 2.45) is 11.1 Å². The number of amides is 1. The SMILES string of the molecule is Cc1ccc(Br)cc1NC(=O)C1(C(N)=S)CCCCCC1. The van der Waals surface area contributed by atoms with E-state index in [4.69, 9.17) is 18.0 Å². The number of halogens is 1. The molecule has 0 saturated heterocycles. The Morgan fingerprint density at radius 1 is 1.29 bits per heavy atom. The predicted molar refractivity (Wildman–Crippen MR) is 94.4 cm³/mol. The molecule has 0 unspecified atom stereocenters. The van der Waals surface area contributed by atoms with Crippen molar-refractivity contribution in [3.63, 3.8) is 0 Å². The first-order valence-corrected chi connectivity index (χ1v) is 8.53. The molecule has 0 bridgehead atoms. The maximum Gasteiger partial charge on any atom is 0.237 e. The summed E-state index contributed by atoms with van der Waals surface area (Å²) in [6, 6.07) is 5.84. The van der Waals surface area contributed by atoms with Crippen LogP contribution in [0.15, 0.2) is 22.7 Å². The van der Waals surface area contributed by atoms with Gasteiger partial charge in [-0.05, 0) is 37.5 Å². The molecule has 3 nitrogen and oxygen atoms in total. The molecule has 21 heavy (non-hydrogen) atoms. The van der Waals surface area contributed by atoms with Crippen LogP contribution in [-0.2, 0) is 4.79 Å². The van der Waals surface area contributed by atoms with Crippen molar-refractivity contribution in [3.05, 3.63) is 28.2 Å². The molecule has 1 aliphatic rings. The van der Waals surface area contributed by atoms with Gasteiger partial charge in [0, 0.05) is 10.2 Å². The van der Waals surface area contributed by atoms with Crippen LogP contribution in [0, 0.1) is 12.3 Å². The first-order chi connectivity index (χ1) is 9.95. The molecule has 2 rings (SSSR count). The molecular formula is C16H21BrN2OS. The number of carbonyl (C=O) groups is 1. The van der Waals surface area contributed by atoms with Crippen LogP contribution in [0.3, 0.4) is 0 Å². The van der Waals surface area contributed by atoms with E-state index in [-0.39, 0.29) is 5.91 Å². The van der Waals surface area contributed by atoms with Crippen molar-refractivity contribution in [2.75, 3.05) is 5.32 Å². The van der Waals surface area contributed by atoms with E-state index in [0.29, 0.717) is 4.99 Å². The average molecular weight is 369 g/mol. The highest BCUT2D eigenvalue weighted by Gasteiger charge is 2.41. The standard InChI is InChI=1S/C16H21BrN2OS/c1-11-6-7-12(17)10-13(11)19-15(20)16(14(18)21)8-4-2-3-5-9-16/h6-7,10H,2-5,8-9H2,1H3,(H2,18,21)(H,19,20). The van der Waals surface area contributed by atoms with Crippen LogP contribution in [0.2, 0.25) is 0 Å². The molecule has 1 aromatic carbocycles. The van der Waals surface area contributed by atoms with Crippen LogP contribution in [-0.4, -0.2) is 10.9 Å². The Kier molecular flexibility index (Phi) is 5.38. The second-order valence-electron chi connectivity index (χ2n) is 5.77. The highest BCUT2D eigenvalue weighted by Crippen LogP contribution is 2.37. The number of nitrogens with two attached hydrogens (primary N) is 1. The molecule has 1 aliphatic carbocycles. The lowest BCUT2D eigenvalue weighted by Gasteiger charge is -2.30. The van der Waals surface area contributed by atoms with E-state index in [9.17, 15) is 4.79 Å². The fourth-order valence-corrected chi connectivity index (χ4v) is 3.55. The summed E-state index contributed by atoms with van der Waals surface area (Å²) >= 11 is 8.68. The summed E-state index contributed by atoms with van der Waals surface area (Å²) in [4.78, 5) is 13.2. The summed E-state index contributed by atoms with van der Waals surface area (Å²) in [6.07, 6.45) is 5.80. The summed E-state index contributed by atoms with van der Waals surface area (Å²) in [5, 5.41) is 3.03. The molecule has 0 aliphatic heterocycles. The van der Waals surface area contributed by atoms with Gasteiger partial charge in [-0.15, -0.1) is 0 Å². The van der Waals surface area contributed by atoms with Gasteiger partial charge in [0.15, 0.2) is 0 Å².